The molecule has 1 aromatic rings. The van der Waals surface area contributed by atoms with Crippen LogP contribution in [0.1, 0.15) is 0 Å². The largest absolute Gasteiger partial charge is 0.395 e. The number of halogens is 1. The lowest BCUT2D eigenvalue weighted by Gasteiger charge is -2.21. The van der Waals surface area contributed by atoms with E-state index < -0.39 is 4.92 Å². The van der Waals surface area contributed by atoms with Gasteiger partial charge in [-0.25, -0.2) is 4.98 Å². The van der Waals surface area contributed by atoms with Crippen molar-refractivity contribution in [1.29, 1.82) is 0 Å². The van der Waals surface area contributed by atoms with Crippen molar-refractivity contribution in [3.05, 3.63) is 27.4 Å². The van der Waals surface area contributed by atoms with Gasteiger partial charge in [0, 0.05) is 13.1 Å². The van der Waals surface area contributed by atoms with E-state index in [2.05, 4.69) is 4.98 Å². The summed E-state index contributed by atoms with van der Waals surface area (Å²) in [5, 5.41) is 28.3. The highest BCUT2D eigenvalue weighted by Gasteiger charge is 2.14. The molecule has 0 radical (unpaired) electrons. The van der Waals surface area contributed by atoms with Crippen molar-refractivity contribution in [2.75, 3.05) is 31.2 Å². The molecule has 7 nitrogen and oxygen atoms in total. The van der Waals surface area contributed by atoms with Gasteiger partial charge < -0.3 is 15.1 Å². The molecule has 0 bridgehead atoms. The van der Waals surface area contributed by atoms with Crippen LogP contribution >= 0.6 is 11.6 Å². The average molecular weight is 262 g/mol. The van der Waals surface area contributed by atoms with Gasteiger partial charge in [0.15, 0.2) is 0 Å². The Labute approximate surface area is 102 Å². The van der Waals surface area contributed by atoms with Crippen LogP contribution in [0.3, 0.4) is 0 Å². The fraction of sp³-hybridized carbons (Fsp3) is 0.444. The molecule has 0 saturated carbocycles. The Balaban J connectivity index is 3.04. The van der Waals surface area contributed by atoms with Crippen LogP contribution in [-0.4, -0.2) is 46.4 Å². The summed E-state index contributed by atoms with van der Waals surface area (Å²) in [6.07, 6.45) is 0. The van der Waals surface area contributed by atoms with Crippen LogP contribution in [0.5, 0.6) is 0 Å². The topological polar surface area (TPSA) is 99.7 Å². The van der Waals surface area contributed by atoms with E-state index >= 15 is 0 Å². The second kappa shape index (κ2) is 6.33. The summed E-state index contributed by atoms with van der Waals surface area (Å²) < 4.78 is 0. The monoisotopic (exact) mass is 261 g/mol. The zero-order valence-corrected chi connectivity index (χ0v) is 9.67. The summed E-state index contributed by atoms with van der Waals surface area (Å²) in [5.41, 5.74) is -0.180. The third-order valence-electron chi connectivity index (χ3n) is 2.04. The van der Waals surface area contributed by atoms with Gasteiger partial charge in [0.2, 0.25) is 0 Å². The molecule has 8 heteroatoms. The van der Waals surface area contributed by atoms with Gasteiger partial charge in [-0.15, -0.1) is 0 Å². The SMILES string of the molecule is O=[N+]([O-])c1cc(Cl)nc(N(CCO)CCO)c1. The molecule has 0 unspecified atom stereocenters. The van der Waals surface area contributed by atoms with Crippen molar-refractivity contribution in [2.45, 2.75) is 0 Å². The summed E-state index contributed by atoms with van der Waals surface area (Å²) in [4.78, 5) is 15.5. The standard InChI is InChI=1S/C9H12ClN3O4/c10-8-5-7(13(16)17)6-9(11-8)12(1-3-14)2-4-15/h5-6,14-15H,1-4H2. The maximum atomic E-state index is 10.6. The number of pyridine rings is 1. The van der Waals surface area contributed by atoms with Gasteiger partial charge in [0.05, 0.1) is 30.3 Å². The number of aliphatic hydroxyl groups is 2. The molecule has 0 spiro atoms. The first-order valence-corrected chi connectivity index (χ1v) is 5.25. The van der Waals surface area contributed by atoms with Crippen LogP contribution < -0.4 is 4.90 Å². The van der Waals surface area contributed by atoms with Crippen LogP contribution in [0, 0.1) is 10.1 Å². The van der Waals surface area contributed by atoms with Gasteiger partial charge in [-0.3, -0.25) is 10.1 Å². The molecule has 0 aliphatic heterocycles. The highest BCUT2D eigenvalue weighted by Crippen LogP contribution is 2.22. The molecule has 0 amide bonds. The summed E-state index contributed by atoms with van der Waals surface area (Å²) in [7, 11) is 0. The van der Waals surface area contributed by atoms with Gasteiger partial charge in [0.1, 0.15) is 11.0 Å². The molecule has 94 valence electrons. The minimum atomic E-state index is -0.576. The molecule has 0 aliphatic carbocycles. The Morgan fingerprint density at radius 1 is 1.35 bits per heavy atom. The second-order valence-corrected chi connectivity index (χ2v) is 3.58. The Hall–Kier alpha value is -1.44. The first-order chi connectivity index (χ1) is 8.08. The number of anilines is 1. The zero-order valence-electron chi connectivity index (χ0n) is 8.91. The number of rotatable bonds is 6. The Bertz CT molecular complexity index is 396. The Morgan fingerprint density at radius 3 is 2.41 bits per heavy atom. The molecular formula is C9H12ClN3O4. The highest BCUT2D eigenvalue weighted by molar-refractivity contribution is 6.29. The molecule has 0 fully saturated rings. The first-order valence-electron chi connectivity index (χ1n) is 4.87. The molecular weight excluding hydrogens is 250 g/mol. The normalized spacial score (nSPS) is 10.3. The van der Waals surface area contributed by atoms with Gasteiger partial charge in [-0.1, -0.05) is 11.6 Å². The Morgan fingerprint density at radius 2 is 1.94 bits per heavy atom. The lowest BCUT2D eigenvalue weighted by atomic mass is 10.3. The van der Waals surface area contributed by atoms with E-state index in [4.69, 9.17) is 21.8 Å². The molecule has 1 heterocycles. The van der Waals surface area contributed by atoms with E-state index in [-0.39, 0.29) is 43.0 Å². The van der Waals surface area contributed by atoms with E-state index in [0.717, 1.165) is 6.07 Å². The third kappa shape index (κ3) is 3.81. The van der Waals surface area contributed by atoms with Gasteiger partial charge >= 0.3 is 0 Å². The van der Waals surface area contributed by atoms with Crippen molar-refractivity contribution >= 4 is 23.1 Å². The molecule has 0 aliphatic rings. The van der Waals surface area contributed by atoms with Crippen molar-refractivity contribution in [3.8, 4) is 0 Å². The number of nitro groups is 1. The van der Waals surface area contributed by atoms with Crippen molar-refractivity contribution in [1.82, 2.24) is 4.98 Å². The predicted molar refractivity (Wildman–Crippen MR) is 62.3 cm³/mol. The third-order valence-corrected chi connectivity index (χ3v) is 2.23. The lowest BCUT2D eigenvalue weighted by Crippen LogP contribution is -2.30. The van der Waals surface area contributed by atoms with E-state index in [1.165, 1.54) is 11.0 Å². The summed E-state index contributed by atoms with van der Waals surface area (Å²) in [5.74, 6) is 0.257. The minimum Gasteiger partial charge on any atom is -0.395 e. The molecule has 1 aromatic heterocycles. The molecule has 0 atom stereocenters. The predicted octanol–water partition coefficient (Wildman–Crippen LogP) is 0.434. The van der Waals surface area contributed by atoms with Crippen molar-refractivity contribution in [3.63, 3.8) is 0 Å². The molecule has 0 saturated heterocycles. The summed E-state index contributed by atoms with van der Waals surface area (Å²) in [6.45, 7) is 0.125. The van der Waals surface area contributed by atoms with Gasteiger partial charge in [-0.05, 0) is 0 Å². The zero-order chi connectivity index (χ0) is 12.8. The number of nitrogens with zero attached hydrogens (tertiary/aromatic N) is 3. The summed E-state index contributed by atoms with van der Waals surface area (Å²) >= 11 is 5.67. The van der Waals surface area contributed by atoms with E-state index in [0.29, 0.717) is 0 Å². The molecule has 0 aromatic carbocycles. The van der Waals surface area contributed by atoms with Crippen molar-refractivity contribution < 1.29 is 15.1 Å². The maximum absolute atomic E-state index is 10.6. The van der Waals surface area contributed by atoms with Crippen molar-refractivity contribution in [2.24, 2.45) is 0 Å². The first kappa shape index (κ1) is 13.6. The second-order valence-electron chi connectivity index (χ2n) is 3.20. The lowest BCUT2D eigenvalue weighted by molar-refractivity contribution is -0.384. The van der Waals surface area contributed by atoms with Crippen LogP contribution in [-0.2, 0) is 0 Å². The quantitative estimate of drug-likeness (QED) is 0.438. The van der Waals surface area contributed by atoms with Gasteiger partial charge in [0.25, 0.3) is 5.69 Å². The number of hydrogen-bond acceptors (Lipinski definition) is 6. The fourth-order valence-electron chi connectivity index (χ4n) is 1.32. The van der Waals surface area contributed by atoms with Gasteiger partial charge in [-0.2, -0.15) is 0 Å². The minimum absolute atomic E-state index is 0.00456. The summed E-state index contributed by atoms with van der Waals surface area (Å²) in [6, 6.07) is 2.39. The Kier molecular flexibility index (Phi) is 5.08. The molecule has 17 heavy (non-hydrogen) atoms. The average Bonchev–Trinajstić information content (AvgIpc) is 2.28. The van der Waals surface area contributed by atoms with Crippen LogP contribution in [0.2, 0.25) is 5.15 Å². The maximum Gasteiger partial charge on any atom is 0.276 e. The van der Waals surface area contributed by atoms with Crippen LogP contribution in [0.25, 0.3) is 0 Å². The number of aromatic nitrogens is 1. The number of aliphatic hydroxyl groups excluding tert-OH is 2. The van der Waals surface area contributed by atoms with Crippen LogP contribution in [0.15, 0.2) is 12.1 Å². The van der Waals surface area contributed by atoms with Crippen LogP contribution in [0.4, 0.5) is 11.5 Å². The smallest absolute Gasteiger partial charge is 0.276 e. The molecule has 2 N–H and O–H groups in total. The van der Waals surface area contributed by atoms with E-state index in [9.17, 15) is 10.1 Å². The van der Waals surface area contributed by atoms with E-state index in [1.54, 1.807) is 0 Å². The molecule has 1 rings (SSSR count). The van der Waals surface area contributed by atoms with E-state index in [1.807, 2.05) is 0 Å². The highest BCUT2D eigenvalue weighted by atomic mass is 35.5. The fourth-order valence-corrected chi connectivity index (χ4v) is 1.52. The number of hydrogen-bond donors (Lipinski definition) is 2.